The molecule has 0 amide bonds. The molecule has 9 heavy (non-hydrogen) atoms. The minimum atomic E-state index is 0. The summed E-state index contributed by atoms with van der Waals surface area (Å²) < 4.78 is 0. The van der Waals surface area contributed by atoms with Crippen molar-refractivity contribution in [2.75, 3.05) is 0 Å². The number of hydrogen-bond donors (Lipinski definition) is 0. The smallest absolute Gasteiger partial charge is 0.358 e. The topological polar surface area (TPSA) is 0 Å². The fraction of sp³-hybridized carbons (Fsp3) is 0.625. The molecule has 0 saturated heterocycles. The van der Waals surface area contributed by atoms with Crippen molar-refractivity contribution in [3.05, 3.63) is 21.8 Å². The van der Waals surface area contributed by atoms with Gasteiger partial charge in [0.1, 0.15) is 0 Å². The molecule has 0 aromatic carbocycles. The average Bonchev–Trinajstić information content (AvgIpc) is 1.72. The SMILES string of the molecule is CC.[CH2-]CCC.[CH3-].[CH3-].[Y+3]. The first-order valence-corrected chi connectivity index (χ1v) is 2.71. The largest absolute Gasteiger partial charge is 3.00 e. The van der Waals surface area contributed by atoms with E-state index in [2.05, 4.69) is 13.8 Å². The summed E-state index contributed by atoms with van der Waals surface area (Å²) >= 11 is 0. The van der Waals surface area contributed by atoms with Gasteiger partial charge in [-0.05, 0) is 0 Å². The van der Waals surface area contributed by atoms with Crippen molar-refractivity contribution in [1.82, 2.24) is 0 Å². The van der Waals surface area contributed by atoms with Crippen molar-refractivity contribution in [2.24, 2.45) is 0 Å². The molecule has 0 bridgehead atoms. The monoisotopic (exact) mass is 206 g/mol. The van der Waals surface area contributed by atoms with Crippen LogP contribution in [0.5, 0.6) is 0 Å². The van der Waals surface area contributed by atoms with Gasteiger partial charge in [0.15, 0.2) is 0 Å². The molecule has 0 aromatic heterocycles. The molecule has 0 atom stereocenters. The Bertz CT molecular complexity index is 6.53. The van der Waals surface area contributed by atoms with Gasteiger partial charge >= 0.3 is 32.7 Å². The van der Waals surface area contributed by atoms with Crippen molar-refractivity contribution in [1.29, 1.82) is 0 Å². The van der Waals surface area contributed by atoms with E-state index in [4.69, 9.17) is 0 Å². The summed E-state index contributed by atoms with van der Waals surface area (Å²) in [6, 6.07) is 0. The molecule has 0 fully saturated rings. The normalized spacial score (nSPS) is 4.00. The number of rotatable bonds is 1. The molecule has 0 aliphatic heterocycles. The van der Waals surface area contributed by atoms with Gasteiger partial charge in [-0.15, -0.1) is 0 Å². The van der Waals surface area contributed by atoms with Crippen molar-refractivity contribution >= 4 is 0 Å². The van der Waals surface area contributed by atoms with Crippen molar-refractivity contribution in [3.63, 3.8) is 0 Å². The Hall–Kier alpha value is 1.10. The maximum absolute atomic E-state index is 3.60. The Morgan fingerprint density at radius 3 is 1.22 bits per heavy atom. The summed E-state index contributed by atoms with van der Waals surface area (Å²) in [5.41, 5.74) is 0. The zero-order valence-corrected chi connectivity index (χ0v) is 10.5. The van der Waals surface area contributed by atoms with E-state index >= 15 is 0 Å². The zero-order chi connectivity index (χ0) is 5.41. The molecular weight excluding hydrogens is 185 g/mol. The predicted octanol–water partition coefficient (Wildman–Crippen LogP) is 3.54. The minimum absolute atomic E-state index is 0. The first-order valence-electron chi connectivity index (χ1n) is 2.71. The third-order valence-corrected chi connectivity index (χ3v) is 0.354. The Morgan fingerprint density at radius 1 is 1.11 bits per heavy atom. The first-order chi connectivity index (χ1) is 2.91. The van der Waals surface area contributed by atoms with Gasteiger partial charge in [-0.3, -0.25) is 0 Å². The third kappa shape index (κ3) is 104. The maximum Gasteiger partial charge on any atom is 3.00 e. The van der Waals surface area contributed by atoms with Crippen molar-refractivity contribution < 1.29 is 32.7 Å². The van der Waals surface area contributed by atoms with Gasteiger partial charge in [0, 0.05) is 0 Å². The molecule has 0 N–H and O–H groups in total. The molecule has 0 aliphatic carbocycles. The van der Waals surface area contributed by atoms with E-state index in [1.54, 1.807) is 0 Å². The van der Waals surface area contributed by atoms with Gasteiger partial charge in [-0.1, -0.05) is 27.2 Å². The van der Waals surface area contributed by atoms with Crippen molar-refractivity contribution in [3.8, 4) is 0 Å². The van der Waals surface area contributed by atoms with Crippen LogP contribution in [0.1, 0.15) is 33.6 Å². The second-order valence-electron chi connectivity index (χ2n) is 0.854. The fourth-order valence-electron chi connectivity index (χ4n) is 0. The molecule has 0 aromatic rings. The average molecular weight is 206 g/mol. The van der Waals surface area contributed by atoms with Crippen LogP contribution in [0.25, 0.3) is 0 Å². The van der Waals surface area contributed by atoms with E-state index in [-0.39, 0.29) is 47.6 Å². The summed E-state index contributed by atoms with van der Waals surface area (Å²) in [5, 5.41) is 0. The number of unbranched alkanes of at least 4 members (excludes halogenated alkanes) is 1. The van der Waals surface area contributed by atoms with E-state index in [1.165, 1.54) is 6.42 Å². The van der Waals surface area contributed by atoms with Crippen molar-refractivity contribution in [2.45, 2.75) is 33.6 Å². The molecule has 0 spiro atoms. The molecule has 1 heteroatoms. The second-order valence-corrected chi connectivity index (χ2v) is 0.854. The first kappa shape index (κ1) is 32.1. The summed E-state index contributed by atoms with van der Waals surface area (Å²) in [6.07, 6.45) is 2.28. The molecular formula is C8H21Y. The molecule has 0 saturated carbocycles. The molecule has 0 unspecified atom stereocenters. The minimum Gasteiger partial charge on any atom is -0.358 e. The molecule has 0 radical (unpaired) electrons. The van der Waals surface area contributed by atoms with Crippen LogP contribution < -0.4 is 0 Å². The maximum atomic E-state index is 3.60. The summed E-state index contributed by atoms with van der Waals surface area (Å²) in [6.45, 7) is 9.72. The molecule has 0 aliphatic rings. The Labute approximate surface area is 87.7 Å². The second kappa shape index (κ2) is 62.1. The van der Waals surface area contributed by atoms with Crippen LogP contribution in [-0.2, 0) is 32.7 Å². The standard InChI is InChI=1S/C4H9.C2H6.2CH3.Y/c1-3-4-2;1-2;;;/h1,3-4H2,2H3;1-2H3;2*1H3;/q-1;;2*-1;+3. The fourth-order valence-corrected chi connectivity index (χ4v) is 0. The van der Waals surface area contributed by atoms with E-state index in [0.717, 1.165) is 6.42 Å². The molecule has 0 heterocycles. The Balaban J connectivity index is -0.00000000990. The van der Waals surface area contributed by atoms with E-state index < -0.39 is 0 Å². The van der Waals surface area contributed by atoms with Crippen LogP contribution in [0.15, 0.2) is 0 Å². The van der Waals surface area contributed by atoms with Gasteiger partial charge in [-0.25, -0.2) is 0 Å². The van der Waals surface area contributed by atoms with Crippen LogP contribution in [0, 0.1) is 21.8 Å². The van der Waals surface area contributed by atoms with E-state index in [9.17, 15) is 0 Å². The molecule has 0 nitrogen and oxygen atoms in total. The van der Waals surface area contributed by atoms with Gasteiger partial charge in [0.25, 0.3) is 0 Å². The van der Waals surface area contributed by atoms with Crippen LogP contribution in [0.3, 0.4) is 0 Å². The van der Waals surface area contributed by atoms with Crippen LogP contribution in [0.4, 0.5) is 0 Å². The Morgan fingerprint density at radius 2 is 1.22 bits per heavy atom. The van der Waals surface area contributed by atoms with Crippen LogP contribution in [0.2, 0.25) is 0 Å². The van der Waals surface area contributed by atoms with E-state index in [0.29, 0.717) is 0 Å². The van der Waals surface area contributed by atoms with Gasteiger partial charge in [0.2, 0.25) is 0 Å². The van der Waals surface area contributed by atoms with Gasteiger partial charge < -0.3 is 21.8 Å². The predicted molar refractivity (Wildman–Crippen MR) is 44.4 cm³/mol. The summed E-state index contributed by atoms with van der Waals surface area (Å²) in [7, 11) is 0. The van der Waals surface area contributed by atoms with Crippen LogP contribution in [-0.4, -0.2) is 0 Å². The number of hydrogen-bond acceptors (Lipinski definition) is 0. The summed E-state index contributed by atoms with van der Waals surface area (Å²) in [4.78, 5) is 0. The summed E-state index contributed by atoms with van der Waals surface area (Å²) in [5.74, 6) is 0. The Kier molecular flexibility index (Phi) is 222. The molecule has 0 rings (SSSR count). The van der Waals surface area contributed by atoms with Gasteiger partial charge in [0.05, 0.1) is 0 Å². The zero-order valence-electron chi connectivity index (χ0n) is 7.70. The van der Waals surface area contributed by atoms with E-state index in [1.807, 2.05) is 13.8 Å². The van der Waals surface area contributed by atoms with Crippen LogP contribution >= 0.6 is 0 Å². The third-order valence-electron chi connectivity index (χ3n) is 0.354. The van der Waals surface area contributed by atoms with Gasteiger partial charge in [-0.2, -0.15) is 6.42 Å². The molecule has 56 valence electrons. The quantitative estimate of drug-likeness (QED) is 0.575.